The Bertz CT molecular complexity index is 638. The van der Waals surface area contributed by atoms with Gasteiger partial charge in [-0.2, -0.15) is 0 Å². The van der Waals surface area contributed by atoms with Gasteiger partial charge >= 0.3 is 0 Å². The summed E-state index contributed by atoms with van der Waals surface area (Å²) < 4.78 is 0. The quantitative estimate of drug-likeness (QED) is 0.750. The number of carbonyl (C=O) groups is 2. The largest absolute Gasteiger partial charge is 0.369 e. The van der Waals surface area contributed by atoms with Crippen molar-refractivity contribution in [3.8, 4) is 0 Å². The molecule has 2 aliphatic rings. The number of piperidine rings is 2. The molecule has 6 nitrogen and oxygen atoms in total. The van der Waals surface area contributed by atoms with Crippen molar-refractivity contribution in [2.24, 2.45) is 11.7 Å². The number of nitrogens with one attached hydrogen (secondary N) is 2. The number of carbonyl (C=O) groups excluding carboxylic acids is 2. The van der Waals surface area contributed by atoms with Crippen molar-refractivity contribution >= 4 is 17.5 Å². The molecule has 2 amide bonds. The third-order valence-corrected chi connectivity index (χ3v) is 5.65. The van der Waals surface area contributed by atoms with Gasteiger partial charge in [0.1, 0.15) is 0 Å². The van der Waals surface area contributed by atoms with Gasteiger partial charge < -0.3 is 16.4 Å². The molecule has 26 heavy (non-hydrogen) atoms. The summed E-state index contributed by atoms with van der Waals surface area (Å²) in [6, 6.07) is 7.99. The van der Waals surface area contributed by atoms with E-state index in [9.17, 15) is 9.59 Å². The molecule has 2 heterocycles. The molecule has 6 heteroatoms. The first-order valence-electron chi connectivity index (χ1n) is 9.63. The van der Waals surface area contributed by atoms with Gasteiger partial charge in [-0.3, -0.25) is 14.5 Å². The molecular formula is C20H30N4O2. The van der Waals surface area contributed by atoms with E-state index >= 15 is 0 Å². The van der Waals surface area contributed by atoms with Crippen molar-refractivity contribution < 1.29 is 9.59 Å². The summed E-state index contributed by atoms with van der Waals surface area (Å²) in [4.78, 5) is 26.2. The van der Waals surface area contributed by atoms with Crippen LogP contribution in [-0.4, -0.2) is 41.9 Å². The molecule has 2 atom stereocenters. The molecule has 2 saturated heterocycles. The zero-order valence-corrected chi connectivity index (χ0v) is 15.6. The lowest BCUT2D eigenvalue weighted by Gasteiger charge is -2.33. The Hall–Kier alpha value is -1.92. The van der Waals surface area contributed by atoms with Gasteiger partial charge in [-0.25, -0.2) is 0 Å². The molecular weight excluding hydrogens is 328 g/mol. The van der Waals surface area contributed by atoms with Crippen LogP contribution < -0.4 is 16.4 Å². The Labute approximate surface area is 155 Å². The first-order chi connectivity index (χ1) is 12.5. The lowest BCUT2D eigenvalue weighted by molar-refractivity contribution is -0.123. The molecule has 2 aliphatic heterocycles. The summed E-state index contributed by atoms with van der Waals surface area (Å²) in [7, 11) is 0. The third-order valence-electron chi connectivity index (χ3n) is 5.65. The van der Waals surface area contributed by atoms with E-state index in [2.05, 4.69) is 15.5 Å². The highest BCUT2D eigenvalue weighted by molar-refractivity contribution is 5.97. The van der Waals surface area contributed by atoms with Crippen LogP contribution in [0.25, 0.3) is 0 Å². The monoisotopic (exact) mass is 358 g/mol. The van der Waals surface area contributed by atoms with Crippen molar-refractivity contribution in [1.82, 2.24) is 10.2 Å². The fraction of sp³-hybridized carbons (Fsp3) is 0.600. The molecule has 0 radical (unpaired) electrons. The maximum Gasteiger partial charge on any atom is 0.244 e. The predicted octanol–water partition coefficient (Wildman–Crippen LogP) is 1.85. The normalized spacial score (nSPS) is 27.0. The van der Waals surface area contributed by atoms with Crippen molar-refractivity contribution in [3.05, 3.63) is 29.8 Å². The number of hydrogen-bond acceptors (Lipinski definition) is 4. The molecule has 3 rings (SSSR count). The molecule has 2 fully saturated rings. The van der Waals surface area contributed by atoms with Gasteiger partial charge in [0.05, 0.1) is 11.5 Å². The zero-order chi connectivity index (χ0) is 18.6. The molecule has 0 saturated carbocycles. The van der Waals surface area contributed by atoms with Crippen LogP contribution >= 0.6 is 0 Å². The minimum atomic E-state index is -0.478. The van der Waals surface area contributed by atoms with Gasteiger partial charge in [0.2, 0.25) is 11.8 Å². The van der Waals surface area contributed by atoms with Crippen LogP contribution in [0.1, 0.15) is 44.6 Å². The predicted molar refractivity (Wildman–Crippen MR) is 103 cm³/mol. The number of amides is 2. The molecule has 1 aromatic rings. The average Bonchev–Trinajstić information content (AvgIpc) is 2.64. The van der Waals surface area contributed by atoms with E-state index in [1.54, 1.807) is 0 Å². The van der Waals surface area contributed by atoms with Crippen molar-refractivity contribution in [2.75, 3.05) is 25.0 Å². The number of rotatable bonds is 5. The summed E-state index contributed by atoms with van der Waals surface area (Å²) >= 11 is 0. The Morgan fingerprint density at radius 2 is 2.04 bits per heavy atom. The first-order valence-corrected chi connectivity index (χ1v) is 9.63. The van der Waals surface area contributed by atoms with Crippen LogP contribution in [0.4, 0.5) is 5.69 Å². The van der Waals surface area contributed by atoms with E-state index < -0.39 is 5.54 Å². The molecule has 0 aromatic heterocycles. The highest BCUT2D eigenvalue weighted by Crippen LogP contribution is 2.22. The number of likely N-dealkylation sites (tertiary alicyclic amines) is 1. The summed E-state index contributed by atoms with van der Waals surface area (Å²) in [5.41, 5.74) is 6.97. The van der Waals surface area contributed by atoms with Crippen molar-refractivity contribution in [1.29, 1.82) is 0 Å². The third kappa shape index (κ3) is 4.62. The highest BCUT2D eigenvalue weighted by atomic mass is 16.2. The van der Waals surface area contributed by atoms with E-state index in [1.165, 1.54) is 5.56 Å². The number of hydrogen-bond donors (Lipinski definition) is 3. The summed E-state index contributed by atoms with van der Waals surface area (Å²) in [6.07, 6.45) is 4.98. The Morgan fingerprint density at radius 3 is 2.69 bits per heavy atom. The Kier molecular flexibility index (Phi) is 5.94. The molecule has 0 aliphatic carbocycles. The van der Waals surface area contributed by atoms with E-state index in [0.717, 1.165) is 64.0 Å². The van der Waals surface area contributed by atoms with Gasteiger partial charge in [0, 0.05) is 18.8 Å². The topological polar surface area (TPSA) is 87.5 Å². The fourth-order valence-electron chi connectivity index (χ4n) is 3.90. The van der Waals surface area contributed by atoms with Gasteiger partial charge in [-0.15, -0.1) is 0 Å². The van der Waals surface area contributed by atoms with Crippen LogP contribution in [0.5, 0.6) is 0 Å². The summed E-state index contributed by atoms with van der Waals surface area (Å²) in [5.74, 6) is -0.200. The Balaban J connectivity index is 1.55. The van der Waals surface area contributed by atoms with Gasteiger partial charge in [-0.1, -0.05) is 12.1 Å². The average molecular weight is 358 g/mol. The van der Waals surface area contributed by atoms with Crippen LogP contribution in [0, 0.1) is 5.92 Å². The SMILES string of the molecule is CC1(C(=O)Nc2ccc(CN3CCCC(C(N)=O)C3)cc2)CCCCN1. The summed E-state index contributed by atoms with van der Waals surface area (Å²) in [6.45, 7) is 5.40. The van der Waals surface area contributed by atoms with Gasteiger partial charge in [-0.05, 0) is 69.8 Å². The number of benzene rings is 1. The van der Waals surface area contributed by atoms with Crippen molar-refractivity contribution in [3.63, 3.8) is 0 Å². The maximum atomic E-state index is 12.6. The second kappa shape index (κ2) is 8.18. The zero-order valence-electron chi connectivity index (χ0n) is 15.6. The number of nitrogens with two attached hydrogens (primary N) is 1. The lowest BCUT2D eigenvalue weighted by Crippen LogP contribution is -2.54. The first kappa shape index (κ1) is 18.9. The second-order valence-corrected chi connectivity index (χ2v) is 7.84. The molecule has 0 bridgehead atoms. The smallest absolute Gasteiger partial charge is 0.244 e. The van der Waals surface area contributed by atoms with Crippen molar-refractivity contribution in [2.45, 2.75) is 51.1 Å². The molecule has 4 N–H and O–H groups in total. The van der Waals surface area contributed by atoms with E-state index in [-0.39, 0.29) is 17.7 Å². The number of nitrogens with zero attached hydrogens (tertiary/aromatic N) is 1. The number of primary amides is 1. The summed E-state index contributed by atoms with van der Waals surface area (Å²) in [5, 5.41) is 6.37. The fourth-order valence-corrected chi connectivity index (χ4v) is 3.90. The van der Waals surface area contributed by atoms with Crippen LogP contribution in [0.15, 0.2) is 24.3 Å². The highest BCUT2D eigenvalue weighted by Gasteiger charge is 2.34. The molecule has 0 spiro atoms. The molecule has 142 valence electrons. The van der Waals surface area contributed by atoms with Crippen LogP contribution in [-0.2, 0) is 16.1 Å². The standard InChI is InChI=1S/C20H30N4O2/c1-20(10-2-3-11-22-20)19(26)23-17-8-6-15(7-9-17)13-24-12-4-5-16(14-24)18(21)25/h6-9,16,22H,2-5,10-14H2,1H3,(H2,21,25)(H,23,26). The second-order valence-electron chi connectivity index (χ2n) is 7.84. The van der Waals surface area contributed by atoms with Gasteiger partial charge in [0.15, 0.2) is 0 Å². The lowest BCUT2D eigenvalue weighted by atomic mass is 9.90. The van der Waals surface area contributed by atoms with E-state index in [4.69, 9.17) is 5.73 Å². The van der Waals surface area contributed by atoms with Crippen LogP contribution in [0.3, 0.4) is 0 Å². The number of anilines is 1. The van der Waals surface area contributed by atoms with Crippen LogP contribution in [0.2, 0.25) is 0 Å². The molecule has 2 unspecified atom stereocenters. The van der Waals surface area contributed by atoms with Gasteiger partial charge in [0.25, 0.3) is 0 Å². The minimum absolute atomic E-state index is 0.0327. The van der Waals surface area contributed by atoms with E-state index in [1.807, 2.05) is 31.2 Å². The maximum absolute atomic E-state index is 12.6. The minimum Gasteiger partial charge on any atom is -0.369 e. The Morgan fingerprint density at radius 1 is 1.27 bits per heavy atom. The van der Waals surface area contributed by atoms with E-state index in [0.29, 0.717) is 0 Å². The molecule has 1 aromatic carbocycles.